The fourth-order valence-corrected chi connectivity index (χ4v) is 1.41. The second-order valence-corrected chi connectivity index (χ2v) is 4.24. The van der Waals surface area contributed by atoms with Gasteiger partial charge in [-0.2, -0.15) is 0 Å². The number of amides is 1. The molecular weight excluding hydrogens is 246 g/mol. The molecule has 0 bridgehead atoms. The van der Waals surface area contributed by atoms with Crippen LogP contribution in [0.15, 0.2) is 18.3 Å². The number of rotatable bonds is 8. The number of carbonyl (C=O) groups excluding carboxylic acids is 1. The molecule has 0 aliphatic heterocycles. The van der Waals surface area contributed by atoms with E-state index in [0.717, 1.165) is 17.8 Å². The Morgan fingerprint density at radius 2 is 2.05 bits per heavy atom. The molecule has 0 aromatic carbocycles. The van der Waals surface area contributed by atoms with Gasteiger partial charge in [-0.15, -0.1) is 0 Å². The lowest BCUT2D eigenvalue weighted by Gasteiger charge is -2.06. The molecular formula is C13H19N3O3. The molecule has 6 heteroatoms. The highest BCUT2D eigenvalue weighted by Crippen LogP contribution is 2.03. The number of aryl methyl sites for hydroxylation is 1. The molecule has 1 heterocycles. The largest absolute Gasteiger partial charge is 0.481 e. The van der Waals surface area contributed by atoms with Crippen LogP contribution < -0.4 is 10.6 Å². The normalized spacial score (nSPS) is 9.95. The highest BCUT2D eigenvalue weighted by Gasteiger charge is 2.03. The Morgan fingerprint density at radius 3 is 2.68 bits per heavy atom. The Morgan fingerprint density at radius 1 is 1.26 bits per heavy atom. The van der Waals surface area contributed by atoms with Gasteiger partial charge in [-0.25, -0.2) is 4.98 Å². The van der Waals surface area contributed by atoms with Gasteiger partial charge in [0.25, 0.3) is 0 Å². The quantitative estimate of drug-likeness (QED) is 0.614. The van der Waals surface area contributed by atoms with Crippen molar-refractivity contribution < 1.29 is 14.7 Å². The summed E-state index contributed by atoms with van der Waals surface area (Å²) in [7, 11) is 0. The molecule has 0 saturated carbocycles. The van der Waals surface area contributed by atoms with Crippen molar-refractivity contribution in [1.29, 1.82) is 0 Å². The lowest BCUT2D eigenvalue weighted by molar-refractivity contribution is -0.138. The number of carboxylic acid groups (broad SMARTS) is 1. The lowest BCUT2D eigenvalue weighted by Crippen LogP contribution is -2.26. The van der Waals surface area contributed by atoms with E-state index >= 15 is 0 Å². The van der Waals surface area contributed by atoms with Crippen LogP contribution in [0.3, 0.4) is 0 Å². The van der Waals surface area contributed by atoms with Gasteiger partial charge in [-0.3, -0.25) is 9.59 Å². The smallest absolute Gasteiger partial charge is 0.303 e. The van der Waals surface area contributed by atoms with Crippen LogP contribution in [-0.4, -0.2) is 35.1 Å². The average molecular weight is 265 g/mol. The van der Waals surface area contributed by atoms with Gasteiger partial charge in [-0.05, 0) is 25.0 Å². The molecule has 1 aromatic heterocycles. The number of nitrogens with one attached hydrogen (secondary N) is 2. The molecule has 1 aromatic rings. The standard InChI is InChI=1S/C13H19N3O3/c1-10-3-4-11(16-9-10)14-7-2-8-15-12(17)5-6-13(18)19/h3-4,9H,2,5-8H2,1H3,(H,14,16)(H,15,17)(H,18,19). The van der Waals surface area contributed by atoms with Crippen LogP contribution in [0.4, 0.5) is 5.82 Å². The van der Waals surface area contributed by atoms with Gasteiger partial charge >= 0.3 is 5.97 Å². The van der Waals surface area contributed by atoms with Crippen LogP contribution in [0.5, 0.6) is 0 Å². The first kappa shape index (κ1) is 14.9. The Labute approximate surface area is 112 Å². The second kappa shape index (κ2) is 8.07. The lowest BCUT2D eigenvalue weighted by atomic mass is 10.3. The number of carboxylic acids is 1. The molecule has 6 nitrogen and oxygen atoms in total. The third-order valence-corrected chi connectivity index (χ3v) is 2.46. The van der Waals surface area contributed by atoms with E-state index < -0.39 is 5.97 Å². The van der Waals surface area contributed by atoms with E-state index in [1.807, 2.05) is 19.1 Å². The molecule has 104 valence electrons. The number of hydrogen-bond donors (Lipinski definition) is 3. The van der Waals surface area contributed by atoms with Crippen LogP contribution in [0.1, 0.15) is 24.8 Å². The first-order valence-electron chi connectivity index (χ1n) is 6.23. The number of nitrogens with zero attached hydrogens (tertiary/aromatic N) is 1. The maximum atomic E-state index is 11.2. The summed E-state index contributed by atoms with van der Waals surface area (Å²) in [4.78, 5) is 25.7. The summed E-state index contributed by atoms with van der Waals surface area (Å²) in [5, 5.41) is 14.2. The number of aliphatic carboxylic acids is 1. The van der Waals surface area contributed by atoms with Crippen molar-refractivity contribution in [2.24, 2.45) is 0 Å². The Balaban J connectivity index is 2.06. The minimum Gasteiger partial charge on any atom is -0.481 e. The molecule has 0 atom stereocenters. The Hall–Kier alpha value is -2.11. The molecule has 0 saturated heterocycles. The van der Waals surface area contributed by atoms with Gasteiger partial charge in [0.2, 0.25) is 5.91 Å². The van der Waals surface area contributed by atoms with Crippen LogP contribution in [0.25, 0.3) is 0 Å². The molecule has 0 unspecified atom stereocenters. The predicted octanol–water partition coefficient (Wildman–Crippen LogP) is 1.17. The predicted molar refractivity (Wildman–Crippen MR) is 72.0 cm³/mol. The van der Waals surface area contributed by atoms with Gasteiger partial charge in [0.15, 0.2) is 0 Å². The third-order valence-electron chi connectivity index (χ3n) is 2.46. The Kier molecular flexibility index (Phi) is 6.35. The summed E-state index contributed by atoms with van der Waals surface area (Å²) in [5.41, 5.74) is 1.11. The molecule has 1 amide bonds. The van der Waals surface area contributed by atoms with Gasteiger partial charge in [0.1, 0.15) is 5.82 Å². The average Bonchev–Trinajstić information content (AvgIpc) is 2.38. The van der Waals surface area contributed by atoms with Crippen LogP contribution >= 0.6 is 0 Å². The molecule has 0 spiro atoms. The Bertz CT molecular complexity index is 418. The third kappa shape index (κ3) is 7.03. The summed E-state index contributed by atoms with van der Waals surface area (Å²) in [5.74, 6) is -0.374. The van der Waals surface area contributed by atoms with Crippen molar-refractivity contribution in [2.75, 3.05) is 18.4 Å². The first-order chi connectivity index (χ1) is 9.08. The van der Waals surface area contributed by atoms with E-state index in [1.54, 1.807) is 6.20 Å². The summed E-state index contributed by atoms with van der Waals surface area (Å²) >= 11 is 0. The van der Waals surface area contributed by atoms with Crippen molar-refractivity contribution in [3.63, 3.8) is 0 Å². The van der Waals surface area contributed by atoms with Crippen molar-refractivity contribution in [3.05, 3.63) is 23.9 Å². The summed E-state index contributed by atoms with van der Waals surface area (Å²) < 4.78 is 0. The van der Waals surface area contributed by atoms with Gasteiger partial charge in [0.05, 0.1) is 6.42 Å². The van der Waals surface area contributed by atoms with Crippen molar-refractivity contribution in [3.8, 4) is 0 Å². The molecule has 0 radical (unpaired) electrons. The molecule has 0 aliphatic rings. The van der Waals surface area contributed by atoms with E-state index in [2.05, 4.69) is 15.6 Å². The van der Waals surface area contributed by atoms with Crippen LogP contribution in [0, 0.1) is 6.92 Å². The van der Waals surface area contributed by atoms with E-state index in [-0.39, 0.29) is 18.7 Å². The highest BCUT2D eigenvalue weighted by molar-refractivity contribution is 5.80. The second-order valence-electron chi connectivity index (χ2n) is 4.24. The fourth-order valence-electron chi connectivity index (χ4n) is 1.41. The van der Waals surface area contributed by atoms with Gasteiger partial charge in [-0.1, -0.05) is 6.07 Å². The van der Waals surface area contributed by atoms with E-state index in [9.17, 15) is 9.59 Å². The van der Waals surface area contributed by atoms with E-state index in [1.165, 1.54) is 0 Å². The molecule has 3 N–H and O–H groups in total. The zero-order chi connectivity index (χ0) is 14.1. The van der Waals surface area contributed by atoms with E-state index in [0.29, 0.717) is 13.1 Å². The zero-order valence-corrected chi connectivity index (χ0v) is 11.0. The number of hydrogen-bond acceptors (Lipinski definition) is 4. The summed E-state index contributed by atoms with van der Waals surface area (Å²) in [6, 6.07) is 3.88. The van der Waals surface area contributed by atoms with Gasteiger partial charge in [0, 0.05) is 25.7 Å². The van der Waals surface area contributed by atoms with Gasteiger partial charge < -0.3 is 15.7 Å². The highest BCUT2D eigenvalue weighted by atomic mass is 16.4. The summed E-state index contributed by atoms with van der Waals surface area (Å²) in [6.45, 7) is 3.20. The molecule has 1 rings (SSSR count). The van der Waals surface area contributed by atoms with E-state index in [4.69, 9.17) is 5.11 Å². The van der Waals surface area contributed by atoms with Crippen molar-refractivity contribution in [1.82, 2.24) is 10.3 Å². The number of carbonyl (C=O) groups is 2. The fraction of sp³-hybridized carbons (Fsp3) is 0.462. The van der Waals surface area contributed by atoms with Crippen molar-refractivity contribution in [2.45, 2.75) is 26.2 Å². The van der Waals surface area contributed by atoms with Crippen LogP contribution in [-0.2, 0) is 9.59 Å². The topological polar surface area (TPSA) is 91.3 Å². The monoisotopic (exact) mass is 265 g/mol. The first-order valence-corrected chi connectivity index (χ1v) is 6.23. The molecule has 0 fully saturated rings. The molecule has 0 aliphatic carbocycles. The number of aromatic nitrogens is 1. The molecule has 19 heavy (non-hydrogen) atoms. The number of pyridine rings is 1. The minimum absolute atomic E-state index is 0.0300. The van der Waals surface area contributed by atoms with Crippen LogP contribution in [0.2, 0.25) is 0 Å². The SMILES string of the molecule is Cc1ccc(NCCCNC(=O)CCC(=O)O)nc1. The summed E-state index contributed by atoms with van der Waals surface area (Å²) in [6.07, 6.45) is 2.45. The zero-order valence-electron chi connectivity index (χ0n) is 11.0. The minimum atomic E-state index is -0.956. The van der Waals surface area contributed by atoms with Crippen molar-refractivity contribution >= 4 is 17.7 Å². The maximum absolute atomic E-state index is 11.2. The number of anilines is 1. The maximum Gasteiger partial charge on any atom is 0.303 e.